The number of ether oxygens (including phenoxy) is 2. The summed E-state index contributed by atoms with van der Waals surface area (Å²) in [4.78, 5) is 22.9. The van der Waals surface area contributed by atoms with Crippen molar-refractivity contribution in [3.05, 3.63) is 12.2 Å². The van der Waals surface area contributed by atoms with Gasteiger partial charge in [0.05, 0.1) is 13.2 Å². The van der Waals surface area contributed by atoms with Crippen molar-refractivity contribution >= 4 is 11.9 Å². The van der Waals surface area contributed by atoms with Crippen LogP contribution in [-0.2, 0) is 19.1 Å². The highest BCUT2D eigenvalue weighted by molar-refractivity contribution is 5.81. The molecule has 0 spiro atoms. The van der Waals surface area contributed by atoms with Crippen molar-refractivity contribution in [3.8, 4) is 0 Å². The average Bonchev–Trinajstić information content (AvgIpc) is 2.78. The Morgan fingerprint density at radius 2 is 1.00 bits per heavy atom. The summed E-state index contributed by atoms with van der Waals surface area (Å²) in [7, 11) is 0. The number of esters is 2. The van der Waals surface area contributed by atoms with Crippen LogP contribution in [0, 0.1) is 0 Å². The van der Waals surface area contributed by atoms with Gasteiger partial charge in [-0.05, 0) is 32.1 Å². The number of allylic oxidation sites excluding steroid dienone is 1. The van der Waals surface area contributed by atoms with Crippen LogP contribution in [-0.4, -0.2) is 25.2 Å². The molecule has 0 aromatic heterocycles. The molecule has 0 unspecified atom stereocenters. The molecule has 0 saturated heterocycles. The predicted molar refractivity (Wildman–Crippen MR) is 135 cm³/mol. The minimum atomic E-state index is -0.196. The molecule has 0 N–H and O–H groups in total. The van der Waals surface area contributed by atoms with Crippen LogP contribution in [0.15, 0.2) is 12.2 Å². The normalized spacial score (nSPS) is 11.2. The van der Waals surface area contributed by atoms with Gasteiger partial charge in [0, 0.05) is 12.5 Å². The second kappa shape index (κ2) is 25.9. The number of hydrogen-bond donors (Lipinski definition) is 0. The van der Waals surface area contributed by atoms with Crippen molar-refractivity contribution in [2.24, 2.45) is 0 Å². The second-order valence-electron chi connectivity index (χ2n) is 8.99. The van der Waals surface area contributed by atoms with Gasteiger partial charge in [0.25, 0.3) is 0 Å². The molecule has 0 fully saturated rings. The number of rotatable bonds is 24. The van der Waals surface area contributed by atoms with Gasteiger partial charge in [-0.2, -0.15) is 0 Å². The van der Waals surface area contributed by atoms with Crippen LogP contribution in [0.5, 0.6) is 0 Å². The van der Waals surface area contributed by atoms with Gasteiger partial charge in [0.2, 0.25) is 0 Å². The third-order valence-electron chi connectivity index (χ3n) is 5.76. The molecule has 0 aromatic carbocycles. The molecule has 4 nitrogen and oxygen atoms in total. The number of carbonyl (C=O) groups excluding carboxylic acids is 2. The van der Waals surface area contributed by atoms with Crippen LogP contribution in [0.3, 0.4) is 0 Å². The minimum Gasteiger partial charge on any atom is -0.466 e. The highest BCUT2D eigenvalue weighted by atomic mass is 16.5. The average molecular weight is 453 g/mol. The van der Waals surface area contributed by atoms with E-state index in [1.54, 1.807) is 6.08 Å². The molecule has 32 heavy (non-hydrogen) atoms. The maximum Gasteiger partial charge on any atom is 0.330 e. The smallest absolute Gasteiger partial charge is 0.330 e. The summed E-state index contributed by atoms with van der Waals surface area (Å²) in [5.74, 6) is -0.215. The summed E-state index contributed by atoms with van der Waals surface area (Å²) < 4.78 is 10.3. The molecule has 0 amide bonds. The first-order valence-electron chi connectivity index (χ1n) is 13.7. The van der Waals surface area contributed by atoms with Gasteiger partial charge >= 0.3 is 11.9 Å². The topological polar surface area (TPSA) is 52.6 Å². The van der Waals surface area contributed by atoms with Crippen molar-refractivity contribution in [2.45, 2.75) is 142 Å². The van der Waals surface area contributed by atoms with E-state index in [-0.39, 0.29) is 11.9 Å². The molecule has 0 aliphatic carbocycles. The molecule has 0 atom stereocenters. The standard InChI is InChI=1S/C28H52O4/c1-3-5-25-31-27(29)23-21-19-17-15-13-11-9-7-8-10-12-14-16-18-20-22-24-28(30)32-26-6-4-2/h21,23H,3-20,22,24-26H2,1-2H3/b23-21+. The highest BCUT2D eigenvalue weighted by Gasteiger charge is 2.02. The number of hydrogen-bond acceptors (Lipinski definition) is 4. The van der Waals surface area contributed by atoms with E-state index in [9.17, 15) is 9.59 Å². The fraction of sp³-hybridized carbons (Fsp3) is 0.857. The van der Waals surface area contributed by atoms with Crippen LogP contribution in [0.1, 0.15) is 142 Å². The lowest BCUT2D eigenvalue weighted by Crippen LogP contribution is -2.05. The summed E-state index contributed by atoms with van der Waals surface area (Å²) in [5.41, 5.74) is 0. The zero-order valence-electron chi connectivity index (χ0n) is 21.3. The van der Waals surface area contributed by atoms with E-state index < -0.39 is 0 Å². The van der Waals surface area contributed by atoms with E-state index in [0.29, 0.717) is 19.6 Å². The lowest BCUT2D eigenvalue weighted by molar-refractivity contribution is -0.144. The largest absolute Gasteiger partial charge is 0.466 e. The second-order valence-corrected chi connectivity index (χ2v) is 8.99. The van der Waals surface area contributed by atoms with Gasteiger partial charge in [0.1, 0.15) is 0 Å². The van der Waals surface area contributed by atoms with E-state index in [1.807, 2.05) is 6.08 Å². The Labute approximate surface area is 198 Å². The van der Waals surface area contributed by atoms with Crippen molar-refractivity contribution in [1.82, 2.24) is 0 Å². The minimum absolute atomic E-state index is 0.0185. The SMILES string of the molecule is CCCCOC(=O)/C=C/CCCCCCCCCCCCCCCCC(=O)OCCCC. The van der Waals surface area contributed by atoms with Crippen LogP contribution in [0.4, 0.5) is 0 Å². The molecule has 0 aliphatic heterocycles. The van der Waals surface area contributed by atoms with Crippen molar-refractivity contribution < 1.29 is 19.1 Å². The van der Waals surface area contributed by atoms with Crippen LogP contribution < -0.4 is 0 Å². The monoisotopic (exact) mass is 452 g/mol. The molecule has 0 heterocycles. The van der Waals surface area contributed by atoms with E-state index >= 15 is 0 Å². The maximum atomic E-state index is 11.5. The fourth-order valence-electron chi connectivity index (χ4n) is 3.60. The first kappa shape index (κ1) is 30.7. The molecule has 188 valence electrons. The fourth-order valence-corrected chi connectivity index (χ4v) is 3.60. The quantitative estimate of drug-likeness (QED) is 0.0837. The Bertz CT molecular complexity index is 445. The maximum absolute atomic E-state index is 11.5. The van der Waals surface area contributed by atoms with Gasteiger partial charge in [-0.25, -0.2) is 4.79 Å². The summed E-state index contributed by atoms with van der Waals surface area (Å²) in [6.07, 6.45) is 27.0. The van der Waals surface area contributed by atoms with Crippen molar-refractivity contribution in [1.29, 1.82) is 0 Å². The Kier molecular flexibility index (Phi) is 24.9. The Morgan fingerprint density at radius 3 is 1.50 bits per heavy atom. The first-order chi connectivity index (χ1) is 15.7. The van der Waals surface area contributed by atoms with Gasteiger partial charge in [-0.1, -0.05) is 110 Å². The summed E-state index contributed by atoms with van der Waals surface area (Å²) in [6, 6.07) is 0. The van der Waals surface area contributed by atoms with Gasteiger partial charge in [0.15, 0.2) is 0 Å². The van der Waals surface area contributed by atoms with Crippen LogP contribution in [0.2, 0.25) is 0 Å². The van der Waals surface area contributed by atoms with E-state index in [4.69, 9.17) is 9.47 Å². The predicted octanol–water partition coefficient (Wildman–Crippen LogP) is 8.47. The van der Waals surface area contributed by atoms with E-state index in [1.165, 1.54) is 77.0 Å². The third kappa shape index (κ3) is 24.9. The van der Waals surface area contributed by atoms with Gasteiger partial charge in [-0.15, -0.1) is 0 Å². The van der Waals surface area contributed by atoms with Gasteiger partial charge < -0.3 is 9.47 Å². The summed E-state index contributed by atoms with van der Waals surface area (Å²) >= 11 is 0. The zero-order chi connectivity index (χ0) is 23.5. The highest BCUT2D eigenvalue weighted by Crippen LogP contribution is 2.14. The Hall–Kier alpha value is -1.32. The molecule has 0 saturated carbocycles. The van der Waals surface area contributed by atoms with Crippen LogP contribution >= 0.6 is 0 Å². The molecule has 0 bridgehead atoms. The first-order valence-corrected chi connectivity index (χ1v) is 13.7. The molecule has 0 rings (SSSR count). The lowest BCUT2D eigenvalue weighted by atomic mass is 10.0. The van der Waals surface area contributed by atoms with Crippen molar-refractivity contribution in [2.75, 3.05) is 13.2 Å². The zero-order valence-corrected chi connectivity index (χ0v) is 21.3. The molecule has 0 aliphatic rings. The molecule has 0 radical (unpaired) electrons. The van der Waals surface area contributed by atoms with Gasteiger partial charge in [-0.3, -0.25) is 4.79 Å². The Balaban J connectivity index is 3.19. The third-order valence-corrected chi connectivity index (χ3v) is 5.76. The lowest BCUT2D eigenvalue weighted by Gasteiger charge is -2.04. The van der Waals surface area contributed by atoms with E-state index in [2.05, 4.69) is 13.8 Å². The van der Waals surface area contributed by atoms with E-state index in [0.717, 1.165) is 44.9 Å². The summed E-state index contributed by atoms with van der Waals surface area (Å²) in [5, 5.41) is 0. The Morgan fingerprint density at radius 1 is 0.562 bits per heavy atom. The number of unbranched alkanes of at least 4 members (excludes halogenated alkanes) is 16. The molecule has 0 aromatic rings. The summed E-state index contributed by atoms with van der Waals surface area (Å²) in [6.45, 7) is 5.33. The molecular formula is C28H52O4. The molecular weight excluding hydrogens is 400 g/mol. The van der Waals surface area contributed by atoms with Crippen molar-refractivity contribution in [3.63, 3.8) is 0 Å². The number of carbonyl (C=O) groups is 2. The van der Waals surface area contributed by atoms with Crippen LogP contribution in [0.25, 0.3) is 0 Å². The molecule has 4 heteroatoms.